The topological polar surface area (TPSA) is 61.4 Å². The molecule has 0 saturated heterocycles. The van der Waals surface area contributed by atoms with Gasteiger partial charge in [0.1, 0.15) is 0 Å². The highest BCUT2D eigenvalue weighted by Gasteiger charge is 2.18. The molecule has 1 aliphatic heterocycles. The third kappa shape index (κ3) is 3.50. The van der Waals surface area contributed by atoms with Gasteiger partial charge >= 0.3 is 0 Å². The van der Waals surface area contributed by atoms with Crippen LogP contribution in [0.25, 0.3) is 0 Å². The molecular weight excluding hydrogens is 274 g/mol. The molecule has 2 N–H and O–H groups in total. The number of benzene rings is 1. The van der Waals surface area contributed by atoms with Crippen molar-refractivity contribution in [2.24, 2.45) is 0 Å². The molecule has 1 aromatic rings. The number of rotatable bonds is 6. The summed E-state index contributed by atoms with van der Waals surface area (Å²) in [6.45, 7) is 6.17. The number of likely N-dealkylation sites (N-methyl/N-ethyl adjacent to an activating group) is 1. The molecule has 1 aliphatic rings. The summed E-state index contributed by atoms with van der Waals surface area (Å²) in [7, 11) is -1.42. The average Bonchev–Trinajstić information content (AvgIpc) is 2.85. The van der Waals surface area contributed by atoms with Gasteiger partial charge in [-0.3, -0.25) is 0 Å². The van der Waals surface area contributed by atoms with Crippen LogP contribution >= 0.6 is 0 Å². The van der Waals surface area contributed by atoms with Gasteiger partial charge in [0.25, 0.3) is 0 Å². The monoisotopic (exact) mass is 297 g/mol. The van der Waals surface area contributed by atoms with Crippen LogP contribution in [0, 0.1) is 0 Å². The minimum Gasteiger partial charge on any atom is -0.384 e. The number of hydrogen-bond acceptors (Lipinski definition) is 4. The fourth-order valence-corrected chi connectivity index (χ4v) is 3.22. The van der Waals surface area contributed by atoms with Gasteiger partial charge in [-0.2, -0.15) is 0 Å². The highest BCUT2D eigenvalue weighted by atomic mass is 32.2. The predicted molar refractivity (Wildman–Crippen MR) is 81.6 cm³/mol. The summed E-state index contributed by atoms with van der Waals surface area (Å²) in [6.07, 6.45) is 0.884. The summed E-state index contributed by atoms with van der Waals surface area (Å²) < 4.78 is 27.1. The first-order valence-corrected chi connectivity index (χ1v) is 8.45. The molecule has 0 aliphatic carbocycles. The Bertz CT molecular complexity index is 570. The van der Waals surface area contributed by atoms with E-state index in [1.54, 1.807) is 12.1 Å². The van der Waals surface area contributed by atoms with E-state index in [0.717, 1.165) is 24.2 Å². The lowest BCUT2D eigenvalue weighted by Crippen LogP contribution is -2.36. The van der Waals surface area contributed by atoms with Crippen molar-refractivity contribution in [3.8, 4) is 0 Å². The quantitative estimate of drug-likeness (QED) is 0.830. The Balaban J connectivity index is 2.00. The van der Waals surface area contributed by atoms with Crippen molar-refractivity contribution >= 4 is 15.7 Å². The molecule has 0 atom stereocenters. The van der Waals surface area contributed by atoms with Gasteiger partial charge in [-0.15, -0.1) is 0 Å². The molecule has 1 aromatic carbocycles. The van der Waals surface area contributed by atoms with Crippen LogP contribution in [0.1, 0.15) is 19.4 Å². The summed E-state index contributed by atoms with van der Waals surface area (Å²) >= 11 is 0. The molecule has 5 nitrogen and oxygen atoms in total. The lowest BCUT2D eigenvalue weighted by molar-refractivity contribution is 0.278. The van der Waals surface area contributed by atoms with Gasteiger partial charge in [-0.25, -0.2) is 13.1 Å². The highest BCUT2D eigenvalue weighted by molar-refractivity contribution is 7.89. The molecule has 0 aromatic heterocycles. The second-order valence-corrected chi connectivity index (χ2v) is 7.23. The Morgan fingerprint density at radius 3 is 2.85 bits per heavy atom. The smallest absolute Gasteiger partial charge is 0.240 e. The van der Waals surface area contributed by atoms with Crippen molar-refractivity contribution in [1.82, 2.24) is 9.62 Å². The van der Waals surface area contributed by atoms with E-state index in [9.17, 15) is 8.42 Å². The third-order valence-corrected chi connectivity index (χ3v) is 5.19. The Hall–Kier alpha value is -1.11. The van der Waals surface area contributed by atoms with Crippen LogP contribution in [0.2, 0.25) is 0 Å². The molecule has 20 heavy (non-hydrogen) atoms. The number of nitrogens with one attached hydrogen (secondary N) is 2. The van der Waals surface area contributed by atoms with Crippen molar-refractivity contribution in [2.75, 3.05) is 32.0 Å². The summed E-state index contributed by atoms with van der Waals surface area (Å²) in [5.41, 5.74) is 2.12. The highest BCUT2D eigenvalue weighted by Crippen LogP contribution is 2.24. The lowest BCUT2D eigenvalue weighted by atomic mass is 10.2. The molecule has 0 spiro atoms. The van der Waals surface area contributed by atoms with E-state index in [1.807, 2.05) is 13.1 Å². The maximum Gasteiger partial charge on any atom is 0.240 e. The van der Waals surface area contributed by atoms with E-state index >= 15 is 0 Å². The van der Waals surface area contributed by atoms with E-state index in [-0.39, 0.29) is 0 Å². The van der Waals surface area contributed by atoms with Gasteiger partial charge in [-0.1, -0.05) is 0 Å². The molecule has 0 fully saturated rings. The predicted octanol–water partition coefficient (Wildman–Crippen LogP) is 1.27. The minimum absolute atomic E-state index is 0.354. The standard InChI is InChI=1S/C14H23N3O2S/c1-11(2)17(3)9-8-16-20(18,19)13-4-5-14-12(10-13)6-7-15-14/h4-5,10-11,15-16H,6-9H2,1-3H3. The first-order chi connectivity index (χ1) is 9.40. The first kappa shape index (κ1) is 15.3. The fraction of sp³-hybridized carbons (Fsp3) is 0.571. The van der Waals surface area contributed by atoms with Crippen molar-refractivity contribution < 1.29 is 8.42 Å². The Morgan fingerprint density at radius 1 is 1.40 bits per heavy atom. The first-order valence-electron chi connectivity index (χ1n) is 6.97. The van der Waals surface area contributed by atoms with Crippen LogP contribution in [-0.4, -0.2) is 46.0 Å². The summed E-state index contributed by atoms with van der Waals surface area (Å²) in [5.74, 6) is 0. The normalized spacial score (nSPS) is 14.7. The largest absolute Gasteiger partial charge is 0.384 e. The maximum absolute atomic E-state index is 12.2. The molecule has 112 valence electrons. The van der Waals surface area contributed by atoms with Crippen LogP contribution < -0.4 is 10.0 Å². The second-order valence-electron chi connectivity index (χ2n) is 5.47. The van der Waals surface area contributed by atoms with Gasteiger partial charge in [0.05, 0.1) is 4.90 Å². The zero-order valence-corrected chi connectivity index (χ0v) is 13.1. The number of sulfonamides is 1. The number of hydrogen-bond donors (Lipinski definition) is 2. The maximum atomic E-state index is 12.2. The molecule has 0 unspecified atom stereocenters. The van der Waals surface area contributed by atoms with Crippen LogP contribution in [0.15, 0.2) is 23.1 Å². The zero-order chi connectivity index (χ0) is 14.8. The number of fused-ring (bicyclic) bond motifs is 1. The fourth-order valence-electron chi connectivity index (χ4n) is 2.15. The van der Waals surface area contributed by atoms with Crippen molar-refractivity contribution in [3.63, 3.8) is 0 Å². The van der Waals surface area contributed by atoms with Crippen LogP contribution in [0.5, 0.6) is 0 Å². The summed E-state index contributed by atoms with van der Waals surface area (Å²) in [4.78, 5) is 2.46. The SMILES string of the molecule is CC(C)N(C)CCNS(=O)(=O)c1ccc2c(c1)CCN2. The molecule has 0 radical (unpaired) electrons. The minimum atomic E-state index is -3.41. The molecule has 0 saturated carbocycles. The third-order valence-electron chi connectivity index (χ3n) is 3.73. The van der Waals surface area contributed by atoms with E-state index in [4.69, 9.17) is 0 Å². The molecular formula is C14H23N3O2S. The van der Waals surface area contributed by atoms with Crippen LogP contribution in [0.4, 0.5) is 5.69 Å². The van der Waals surface area contributed by atoms with Crippen LogP contribution in [0.3, 0.4) is 0 Å². The average molecular weight is 297 g/mol. The van der Waals surface area contributed by atoms with Crippen LogP contribution in [-0.2, 0) is 16.4 Å². The summed E-state index contributed by atoms with van der Waals surface area (Å²) in [6, 6.07) is 5.68. The Morgan fingerprint density at radius 2 is 2.15 bits per heavy atom. The molecule has 0 amide bonds. The number of anilines is 1. The lowest BCUT2D eigenvalue weighted by Gasteiger charge is -2.20. The van der Waals surface area contributed by atoms with Crippen molar-refractivity contribution in [3.05, 3.63) is 23.8 Å². The molecule has 0 bridgehead atoms. The zero-order valence-electron chi connectivity index (χ0n) is 12.3. The number of nitrogens with zero attached hydrogens (tertiary/aromatic N) is 1. The van der Waals surface area contributed by atoms with Crippen molar-refractivity contribution in [1.29, 1.82) is 0 Å². The molecule has 1 heterocycles. The van der Waals surface area contributed by atoms with Gasteiger partial charge in [0.2, 0.25) is 10.0 Å². The van der Waals surface area contributed by atoms with Gasteiger partial charge in [0.15, 0.2) is 0 Å². The van der Waals surface area contributed by atoms with Gasteiger partial charge in [-0.05, 0) is 51.1 Å². The Kier molecular flexibility index (Phi) is 4.67. The van der Waals surface area contributed by atoms with E-state index in [0.29, 0.717) is 24.0 Å². The van der Waals surface area contributed by atoms with E-state index < -0.39 is 10.0 Å². The van der Waals surface area contributed by atoms with Gasteiger partial charge in [0, 0.05) is 31.4 Å². The second kappa shape index (κ2) is 6.11. The van der Waals surface area contributed by atoms with Gasteiger partial charge < -0.3 is 10.2 Å². The molecule has 2 rings (SSSR count). The van der Waals surface area contributed by atoms with Crippen molar-refractivity contribution in [2.45, 2.75) is 31.2 Å². The Labute approximate surface area is 121 Å². The summed E-state index contributed by atoms with van der Waals surface area (Å²) in [5, 5.41) is 3.23. The van der Waals surface area contributed by atoms with E-state index in [2.05, 4.69) is 28.8 Å². The molecule has 6 heteroatoms. The van der Waals surface area contributed by atoms with E-state index in [1.165, 1.54) is 0 Å².